The highest BCUT2D eigenvalue weighted by Crippen LogP contribution is 2.21. The van der Waals surface area contributed by atoms with E-state index in [0.717, 1.165) is 44.1 Å². The third-order valence-electron chi connectivity index (χ3n) is 4.77. The van der Waals surface area contributed by atoms with Crippen LogP contribution in [0.3, 0.4) is 0 Å². The van der Waals surface area contributed by atoms with E-state index in [1.807, 2.05) is 31.2 Å². The van der Waals surface area contributed by atoms with Crippen molar-refractivity contribution in [3.8, 4) is 0 Å². The normalized spacial score (nSPS) is 21.4. The van der Waals surface area contributed by atoms with E-state index in [-0.39, 0.29) is 18.0 Å². The summed E-state index contributed by atoms with van der Waals surface area (Å²) in [5.41, 5.74) is 2.04. The molecular weight excluding hydrogens is 320 g/mol. The molecule has 0 aromatic heterocycles. The Morgan fingerprint density at radius 2 is 2.00 bits per heavy atom. The average Bonchev–Trinajstić information content (AvgIpc) is 2.96. The van der Waals surface area contributed by atoms with Gasteiger partial charge in [0.25, 0.3) is 0 Å². The molecular formula is C18H27N4O3+. The van der Waals surface area contributed by atoms with Crippen LogP contribution >= 0.6 is 0 Å². The van der Waals surface area contributed by atoms with Gasteiger partial charge in [0, 0.05) is 18.7 Å². The second-order valence-corrected chi connectivity index (χ2v) is 6.75. The van der Waals surface area contributed by atoms with E-state index in [2.05, 4.69) is 10.6 Å². The molecule has 7 nitrogen and oxygen atoms in total. The van der Waals surface area contributed by atoms with Gasteiger partial charge in [-0.1, -0.05) is 17.7 Å². The monoisotopic (exact) mass is 347 g/mol. The lowest BCUT2D eigenvalue weighted by atomic mass is 10.2. The van der Waals surface area contributed by atoms with Gasteiger partial charge in [-0.05, 0) is 19.1 Å². The number of amides is 3. The Labute approximate surface area is 148 Å². The highest BCUT2D eigenvalue weighted by atomic mass is 16.5. The summed E-state index contributed by atoms with van der Waals surface area (Å²) in [6, 6.07) is 7.52. The number of urea groups is 1. The van der Waals surface area contributed by atoms with Crippen LogP contribution < -0.4 is 20.4 Å². The minimum absolute atomic E-state index is 0.0481. The largest absolute Gasteiger partial charge is 0.370 e. The topological polar surface area (TPSA) is 75.1 Å². The lowest BCUT2D eigenvalue weighted by molar-refractivity contribution is -0.906. The third kappa shape index (κ3) is 4.93. The maximum absolute atomic E-state index is 12.2. The summed E-state index contributed by atoms with van der Waals surface area (Å²) in [5.74, 6) is 0.0481. The molecule has 3 N–H and O–H groups in total. The Kier molecular flexibility index (Phi) is 5.88. The summed E-state index contributed by atoms with van der Waals surface area (Å²) in [7, 11) is 0. The molecule has 2 fully saturated rings. The zero-order valence-corrected chi connectivity index (χ0v) is 14.7. The van der Waals surface area contributed by atoms with Gasteiger partial charge in [0.2, 0.25) is 5.91 Å². The van der Waals surface area contributed by atoms with Crippen LogP contribution in [0.1, 0.15) is 12.0 Å². The molecule has 0 aliphatic carbocycles. The van der Waals surface area contributed by atoms with E-state index >= 15 is 0 Å². The third-order valence-corrected chi connectivity index (χ3v) is 4.77. The van der Waals surface area contributed by atoms with Crippen LogP contribution in [0.15, 0.2) is 24.3 Å². The number of carbonyl (C=O) groups is 2. The van der Waals surface area contributed by atoms with Crippen LogP contribution in [-0.4, -0.2) is 63.9 Å². The smallest absolute Gasteiger partial charge is 0.315 e. The summed E-state index contributed by atoms with van der Waals surface area (Å²) in [4.78, 5) is 27.5. The number of quaternary nitrogens is 1. The Hall–Kier alpha value is -2.12. The fourth-order valence-electron chi connectivity index (χ4n) is 3.28. The summed E-state index contributed by atoms with van der Waals surface area (Å²) >= 11 is 0. The van der Waals surface area contributed by atoms with Gasteiger partial charge in [-0.25, -0.2) is 4.79 Å². The molecule has 0 unspecified atom stereocenters. The van der Waals surface area contributed by atoms with Crippen molar-refractivity contribution in [1.29, 1.82) is 0 Å². The van der Waals surface area contributed by atoms with Gasteiger partial charge in [-0.3, -0.25) is 4.79 Å². The molecule has 2 aliphatic rings. The molecule has 2 heterocycles. The number of rotatable bonds is 5. The van der Waals surface area contributed by atoms with Crippen molar-refractivity contribution < 1.29 is 19.2 Å². The SMILES string of the molecule is Cc1ccc(N2C[C@@H](NC(=O)NCC[NH+]3CCOCC3)CC2=O)cc1. The first-order valence-electron chi connectivity index (χ1n) is 8.94. The number of benzene rings is 1. The first kappa shape index (κ1) is 17.7. The molecule has 3 rings (SSSR count). The molecule has 1 aromatic carbocycles. The maximum atomic E-state index is 12.2. The number of anilines is 1. The Bertz CT molecular complexity index is 599. The van der Waals surface area contributed by atoms with Gasteiger partial charge in [-0.15, -0.1) is 0 Å². The Morgan fingerprint density at radius 3 is 2.72 bits per heavy atom. The van der Waals surface area contributed by atoms with Gasteiger partial charge in [0.05, 0.1) is 32.3 Å². The van der Waals surface area contributed by atoms with Crippen molar-refractivity contribution in [3.63, 3.8) is 0 Å². The number of hydrogen-bond donors (Lipinski definition) is 3. The molecule has 0 radical (unpaired) electrons. The zero-order valence-electron chi connectivity index (χ0n) is 14.7. The van der Waals surface area contributed by atoms with Gasteiger partial charge in [-0.2, -0.15) is 0 Å². The number of carbonyl (C=O) groups excluding carboxylic acids is 2. The summed E-state index contributed by atoms with van der Waals surface area (Å²) < 4.78 is 5.32. The Morgan fingerprint density at radius 1 is 1.28 bits per heavy atom. The number of morpholine rings is 1. The van der Waals surface area contributed by atoms with Crippen LogP contribution in [0, 0.1) is 6.92 Å². The highest BCUT2D eigenvalue weighted by molar-refractivity contribution is 5.96. The first-order valence-corrected chi connectivity index (χ1v) is 8.94. The van der Waals surface area contributed by atoms with E-state index in [1.165, 1.54) is 4.90 Å². The second kappa shape index (κ2) is 8.31. The molecule has 25 heavy (non-hydrogen) atoms. The fourth-order valence-corrected chi connectivity index (χ4v) is 3.28. The lowest BCUT2D eigenvalue weighted by Gasteiger charge is -2.23. The van der Waals surface area contributed by atoms with Crippen LogP contribution in [0.5, 0.6) is 0 Å². The molecule has 1 aromatic rings. The average molecular weight is 347 g/mol. The van der Waals surface area contributed by atoms with E-state index < -0.39 is 0 Å². The number of nitrogens with one attached hydrogen (secondary N) is 3. The van der Waals surface area contributed by atoms with E-state index in [9.17, 15) is 9.59 Å². The first-order chi connectivity index (χ1) is 12.1. The fraction of sp³-hybridized carbons (Fsp3) is 0.556. The Balaban J connectivity index is 1.41. The summed E-state index contributed by atoms with van der Waals surface area (Å²) in [6.07, 6.45) is 0.343. The predicted octanol–water partition coefficient (Wildman–Crippen LogP) is -0.685. The van der Waals surface area contributed by atoms with Crippen molar-refractivity contribution in [2.24, 2.45) is 0 Å². The minimum Gasteiger partial charge on any atom is -0.370 e. The highest BCUT2D eigenvalue weighted by Gasteiger charge is 2.31. The summed E-state index contributed by atoms with van der Waals surface area (Å²) in [6.45, 7) is 7.63. The van der Waals surface area contributed by atoms with Crippen LogP contribution in [0.4, 0.5) is 10.5 Å². The van der Waals surface area contributed by atoms with Crippen molar-refractivity contribution in [2.45, 2.75) is 19.4 Å². The van der Waals surface area contributed by atoms with Crippen LogP contribution in [0.25, 0.3) is 0 Å². The van der Waals surface area contributed by atoms with Gasteiger partial charge in [0.15, 0.2) is 0 Å². The predicted molar refractivity (Wildman–Crippen MR) is 94.9 cm³/mol. The minimum atomic E-state index is -0.198. The molecule has 1 atom stereocenters. The number of aryl methyl sites for hydroxylation is 1. The molecule has 136 valence electrons. The lowest BCUT2D eigenvalue weighted by Crippen LogP contribution is -3.14. The van der Waals surface area contributed by atoms with E-state index in [0.29, 0.717) is 19.5 Å². The molecule has 2 aliphatic heterocycles. The zero-order chi connectivity index (χ0) is 17.6. The molecule has 7 heteroatoms. The summed E-state index contributed by atoms with van der Waals surface area (Å²) in [5, 5.41) is 5.80. The molecule has 0 spiro atoms. The second-order valence-electron chi connectivity index (χ2n) is 6.75. The van der Waals surface area contributed by atoms with E-state index in [1.54, 1.807) is 4.90 Å². The van der Waals surface area contributed by atoms with Gasteiger partial charge < -0.3 is 25.2 Å². The van der Waals surface area contributed by atoms with Crippen LogP contribution in [0.2, 0.25) is 0 Å². The maximum Gasteiger partial charge on any atom is 0.315 e. The molecule has 0 saturated carbocycles. The standard InChI is InChI=1S/C18H26N4O3/c1-14-2-4-16(5-3-14)22-13-15(12-17(22)23)20-18(24)19-6-7-21-8-10-25-11-9-21/h2-5,15H,6-13H2,1H3,(H2,19,20,24)/p+1/t15-/m0/s1. The number of hydrogen-bond acceptors (Lipinski definition) is 3. The van der Waals surface area contributed by atoms with Crippen molar-refractivity contribution in [3.05, 3.63) is 29.8 Å². The van der Waals surface area contributed by atoms with Crippen LogP contribution in [-0.2, 0) is 9.53 Å². The van der Waals surface area contributed by atoms with E-state index in [4.69, 9.17) is 4.74 Å². The van der Waals surface area contributed by atoms with Gasteiger partial charge >= 0.3 is 6.03 Å². The quantitative estimate of drug-likeness (QED) is 0.660. The molecule has 3 amide bonds. The van der Waals surface area contributed by atoms with Crippen molar-refractivity contribution in [2.75, 3.05) is 50.8 Å². The molecule has 0 bridgehead atoms. The molecule has 2 saturated heterocycles. The van der Waals surface area contributed by atoms with Crippen molar-refractivity contribution in [1.82, 2.24) is 10.6 Å². The number of nitrogens with zero attached hydrogens (tertiary/aromatic N) is 1. The van der Waals surface area contributed by atoms with Crippen molar-refractivity contribution >= 4 is 17.6 Å². The number of ether oxygens (including phenoxy) is 1. The van der Waals surface area contributed by atoms with Gasteiger partial charge in [0.1, 0.15) is 13.1 Å².